The molecule has 6 aromatic rings. The van der Waals surface area contributed by atoms with E-state index < -0.39 is 0 Å². The highest BCUT2D eigenvalue weighted by Crippen LogP contribution is 2.52. The van der Waals surface area contributed by atoms with Gasteiger partial charge in [0.05, 0.1) is 22.4 Å². The van der Waals surface area contributed by atoms with Crippen molar-refractivity contribution < 1.29 is 9.13 Å². The van der Waals surface area contributed by atoms with Crippen molar-refractivity contribution in [2.75, 3.05) is 0 Å². The highest BCUT2D eigenvalue weighted by Gasteiger charge is 2.40. The fourth-order valence-corrected chi connectivity index (χ4v) is 10.2. The normalized spacial score (nSPS) is 20.4. The number of hydrogen-bond donors (Lipinski definition) is 0. The summed E-state index contributed by atoms with van der Waals surface area (Å²) < 4.78 is 25.1. The van der Waals surface area contributed by atoms with Crippen LogP contribution in [-0.4, -0.2) is 19.3 Å². The number of allylic oxidation sites excluding steroid dienone is 2. The average Bonchev–Trinajstić information content (AvgIpc) is 3.67. The number of ether oxygens (including phenoxy) is 1. The lowest BCUT2D eigenvalue weighted by Crippen LogP contribution is -2.31. The predicted octanol–water partition coefficient (Wildman–Crippen LogP) is 12.5. The molecular weight excluding hydrogens is 644 g/mol. The summed E-state index contributed by atoms with van der Waals surface area (Å²) in [4.78, 5) is 4.52. The maximum absolute atomic E-state index is 14.4. The molecule has 3 aliphatic carbocycles. The van der Waals surface area contributed by atoms with Crippen molar-refractivity contribution in [1.29, 1.82) is 0 Å². The minimum absolute atomic E-state index is 0.318. The van der Waals surface area contributed by atoms with E-state index in [2.05, 4.69) is 59.9 Å². The molecule has 2 atom stereocenters. The monoisotopic (exact) mass is 692 g/mol. The highest BCUT2D eigenvalue weighted by molar-refractivity contribution is 6.09. The van der Waals surface area contributed by atoms with Gasteiger partial charge in [-0.2, -0.15) is 5.10 Å². The third kappa shape index (κ3) is 6.04. The minimum Gasteiger partial charge on any atom is -0.457 e. The second-order valence-electron chi connectivity index (χ2n) is 15.6. The number of hydrogen-bond acceptors (Lipinski definition) is 3. The molecule has 2 fully saturated rings. The Bertz CT molecular complexity index is 2270. The summed E-state index contributed by atoms with van der Waals surface area (Å²) in [6.07, 6.45) is 20.5. The van der Waals surface area contributed by atoms with Gasteiger partial charge < -0.3 is 4.74 Å². The number of rotatable bonds is 7. The Hall–Kier alpha value is -4.71. The van der Waals surface area contributed by atoms with Crippen molar-refractivity contribution in [1.82, 2.24) is 19.3 Å². The number of halogens is 1. The maximum atomic E-state index is 14.4. The molecule has 3 aliphatic rings. The van der Waals surface area contributed by atoms with Crippen LogP contribution in [0.5, 0.6) is 11.5 Å². The molecule has 3 aromatic heterocycles. The van der Waals surface area contributed by atoms with Crippen LogP contribution >= 0.6 is 0 Å². The molecule has 0 saturated heterocycles. The first-order chi connectivity index (χ1) is 25.5. The van der Waals surface area contributed by atoms with E-state index in [1.165, 1.54) is 112 Å². The molecule has 9 rings (SSSR count). The Kier molecular flexibility index (Phi) is 8.94. The summed E-state index contributed by atoms with van der Waals surface area (Å²) in [6.45, 7) is 4.53. The van der Waals surface area contributed by atoms with Gasteiger partial charge in [-0.1, -0.05) is 87.3 Å². The van der Waals surface area contributed by atoms with Crippen LogP contribution in [0, 0.1) is 37.4 Å². The zero-order valence-electron chi connectivity index (χ0n) is 30.5. The van der Waals surface area contributed by atoms with Gasteiger partial charge >= 0.3 is 0 Å². The molecule has 52 heavy (non-hydrogen) atoms. The fraction of sp³-hybridized carbons (Fsp3) is 0.391. The van der Waals surface area contributed by atoms with Crippen LogP contribution in [0.15, 0.2) is 96.7 Å². The average molecular weight is 693 g/mol. The molecule has 0 aliphatic heterocycles. The lowest BCUT2D eigenvalue weighted by molar-refractivity contribution is 0.198. The second kappa shape index (κ2) is 14.0. The van der Waals surface area contributed by atoms with E-state index in [-0.39, 0.29) is 5.82 Å². The maximum Gasteiger partial charge on any atom is 0.140 e. The topological polar surface area (TPSA) is 44.9 Å². The van der Waals surface area contributed by atoms with Crippen molar-refractivity contribution >= 4 is 21.8 Å². The van der Waals surface area contributed by atoms with E-state index in [4.69, 9.17) is 9.84 Å². The number of pyridine rings is 1. The molecule has 2 saturated carbocycles. The van der Waals surface area contributed by atoms with Crippen molar-refractivity contribution in [2.24, 2.45) is 17.8 Å². The molecule has 0 amide bonds. The van der Waals surface area contributed by atoms with Gasteiger partial charge in [-0.05, 0) is 93.7 Å². The van der Waals surface area contributed by atoms with Gasteiger partial charge in [-0.3, -0.25) is 4.57 Å². The molecule has 0 bridgehead atoms. The Morgan fingerprint density at radius 1 is 0.731 bits per heavy atom. The van der Waals surface area contributed by atoms with Gasteiger partial charge in [0.1, 0.15) is 23.1 Å². The van der Waals surface area contributed by atoms with E-state index in [1.54, 1.807) is 5.57 Å². The second-order valence-corrected chi connectivity index (χ2v) is 15.6. The molecule has 3 heterocycles. The van der Waals surface area contributed by atoms with Crippen molar-refractivity contribution in [3.05, 3.63) is 119 Å². The van der Waals surface area contributed by atoms with Crippen LogP contribution < -0.4 is 4.74 Å². The fourth-order valence-electron chi connectivity index (χ4n) is 10.2. The van der Waals surface area contributed by atoms with Crippen molar-refractivity contribution in [3.63, 3.8) is 0 Å². The standard InChI is InChI=1S/C46H49FN4O/c1-30-45(46-38(32-13-5-3-6-14-32)20-12-21-39(46)33-15-7-4-8-16-33)31(2)51(49-30)35-17-11-18-36(28-35)52-37-23-24-41-40-19-9-10-22-42(40)50(43(41)29-37)44-27-34(47)25-26-48-44/h9-11,17-20,22-29,32-33,39,46H,3-8,12-16,21H2,1-2H3/t39-,46-/m1/s1. The number of para-hydroxylation sites is 1. The lowest BCUT2D eigenvalue weighted by atomic mass is 9.62. The van der Waals surface area contributed by atoms with E-state index >= 15 is 0 Å². The minimum atomic E-state index is -0.318. The third-order valence-corrected chi connectivity index (χ3v) is 12.5. The molecule has 266 valence electrons. The number of aromatic nitrogens is 4. The van der Waals surface area contributed by atoms with Crippen LogP contribution in [-0.2, 0) is 0 Å². The first-order valence-corrected chi connectivity index (χ1v) is 19.7. The summed E-state index contributed by atoms with van der Waals surface area (Å²) >= 11 is 0. The number of fused-ring (bicyclic) bond motifs is 3. The van der Waals surface area contributed by atoms with Gasteiger partial charge in [-0.25, -0.2) is 14.1 Å². The lowest BCUT2D eigenvalue weighted by Gasteiger charge is -2.43. The highest BCUT2D eigenvalue weighted by atomic mass is 19.1. The molecule has 0 N–H and O–H groups in total. The summed E-state index contributed by atoms with van der Waals surface area (Å²) in [6, 6.07) is 25.5. The van der Waals surface area contributed by atoms with Crippen LogP contribution in [0.1, 0.15) is 99.9 Å². The zero-order chi connectivity index (χ0) is 35.2. The predicted molar refractivity (Wildman–Crippen MR) is 208 cm³/mol. The van der Waals surface area contributed by atoms with Gasteiger partial charge in [0.15, 0.2) is 0 Å². The van der Waals surface area contributed by atoms with Gasteiger partial charge in [-0.15, -0.1) is 0 Å². The van der Waals surface area contributed by atoms with E-state index in [0.717, 1.165) is 45.1 Å². The Morgan fingerprint density at radius 2 is 1.50 bits per heavy atom. The zero-order valence-corrected chi connectivity index (χ0v) is 30.5. The van der Waals surface area contributed by atoms with E-state index in [9.17, 15) is 4.39 Å². The molecule has 0 spiro atoms. The van der Waals surface area contributed by atoms with Gasteiger partial charge in [0.25, 0.3) is 0 Å². The smallest absolute Gasteiger partial charge is 0.140 e. The molecular formula is C46H49FN4O. The Balaban J connectivity index is 1.07. The molecule has 0 radical (unpaired) electrons. The van der Waals surface area contributed by atoms with Crippen molar-refractivity contribution in [3.8, 4) is 23.0 Å². The number of aryl methyl sites for hydroxylation is 1. The first kappa shape index (κ1) is 33.1. The molecule has 0 unspecified atom stereocenters. The van der Waals surface area contributed by atoms with Crippen LogP contribution in [0.25, 0.3) is 33.3 Å². The Morgan fingerprint density at radius 3 is 2.33 bits per heavy atom. The quantitative estimate of drug-likeness (QED) is 0.156. The Labute approximate surface area is 306 Å². The number of nitrogens with zero attached hydrogens (tertiary/aromatic N) is 4. The SMILES string of the molecule is Cc1nn(-c2cccc(Oc3ccc4c5ccccc5n(-c5cc(F)ccn5)c4c3)c2)c(C)c1[C@@H]1C(C2CCCCC2)=CCC[C@@H]1C1CCCCC1. The van der Waals surface area contributed by atoms with Crippen LogP contribution in [0.3, 0.4) is 0 Å². The summed E-state index contributed by atoms with van der Waals surface area (Å²) in [5.41, 5.74) is 8.54. The summed E-state index contributed by atoms with van der Waals surface area (Å²) in [7, 11) is 0. The van der Waals surface area contributed by atoms with Crippen LogP contribution in [0.4, 0.5) is 4.39 Å². The van der Waals surface area contributed by atoms with E-state index in [1.807, 2.05) is 41.0 Å². The summed E-state index contributed by atoms with van der Waals surface area (Å²) in [5, 5.41) is 7.42. The first-order valence-electron chi connectivity index (χ1n) is 19.7. The van der Waals surface area contributed by atoms with Crippen molar-refractivity contribution in [2.45, 2.75) is 96.8 Å². The van der Waals surface area contributed by atoms with Gasteiger partial charge in [0.2, 0.25) is 0 Å². The summed E-state index contributed by atoms with van der Waals surface area (Å²) in [5.74, 6) is 4.39. The van der Waals surface area contributed by atoms with E-state index in [0.29, 0.717) is 23.4 Å². The molecule has 6 heteroatoms. The van der Waals surface area contributed by atoms with Gasteiger partial charge in [0, 0.05) is 52.3 Å². The molecule has 3 aromatic carbocycles. The number of benzene rings is 3. The van der Waals surface area contributed by atoms with Crippen LogP contribution in [0.2, 0.25) is 0 Å². The molecule has 5 nitrogen and oxygen atoms in total. The third-order valence-electron chi connectivity index (χ3n) is 12.5. The largest absolute Gasteiger partial charge is 0.457 e.